The minimum Gasteiger partial charge on any atom is -0.336 e. The summed E-state index contributed by atoms with van der Waals surface area (Å²) in [6, 6.07) is 6.39. The summed E-state index contributed by atoms with van der Waals surface area (Å²) in [6.07, 6.45) is 3.33. The van der Waals surface area contributed by atoms with Gasteiger partial charge in [-0.15, -0.1) is 5.10 Å². The van der Waals surface area contributed by atoms with Crippen molar-refractivity contribution in [1.82, 2.24) is 24.6 Å². The summed E-state index contributed by atoms with van der Waals surface area (Å²) in [6.45, 7) is 4.90. The number of rotatable bonds is 5. The second-order valence-electron chi connectivity index (χ2n) is 7.39. The van der Waals surface area contributed by atoms with Gasteiger partial charge in [0.15, 0.2) is 0 Å². The van der Waals surface area contributed by atoms with Gasteiger partial charge in [0.2, 0.25) is 11.7 Å². The van der Waals surface area contributed by atoms with Crippen LogP contribution in [0.15, 0.2) is 22.7 Å². The van der Waals surface area contributed by atoms with E-state index in [1.165, 1.54) is 22.7 Å². The van der Waals surface area contributed by atoms with Crippen LogP contribution in [0, 0.1) is 5.92 Å². The van der Waals surface area contributed by atoms with Crippen LogP contribution < -0.4 is 0 Å². The van der Waals surface area contributed by atoms with E-state index in [-0.39, 0.29) is 11.9 Å². The normalized spacial score (nSPS) is 20.6. The van der Waals surface area contributed by atoms with E-state index < -0.39 is 0 Å². The fourth-order valence-electron chi connectivity index (χ4n) is 4.62. The lowest BCUT2D eigenvalue weighted by molar-refractivity contribution is -0.128. The number of likely N-dealkylation sites (tertiary alicyclic amines) is 1. The fraction of sp³-hybridized carbons (Fsp3) is 0.450. The first kappa shape index (κ1) is 17.5. The van der Waals surface area contributed by atoms with Gasteiger partial charge in [0, 0.05) is 18.5 Å². The Labute approximate surface area is 166 Å². The molecule has 2 atom stereocenters. The molecular weight excluding hydrogens is 374 g/mol. The van der Waals surface area contributed by atoms with Crippen LogP contribution in [0.2, 0.25) is 0 Å². The van der Waals surface area contributed by atoms with E-state index in [1.54, 1.807) is 0 Å². The van der Waals surface area contributed by atoms with Gasteiger partial charge in [-0.25, -0.2) is 0 Å². The van der Waals surface area contributed by atoms with Crippen molar-refractivity contribution in [3.8, 4) is 22.2 Å². The molecule has 0 radical (unpaired) electrons. The zero-order valence-corrected chi connectivity index (χ0v) is 16.7. The first-order valence-corrected chi connectivity index (χ1v) is 10.6. The van der Waals surface area contributed by atoms with Crippen molar-refractivity contribution in [1.29, 1.82) is 0 Å². The Hall–Kier alpha value is -2.61. The molecule has 8 heteroatoms. The lowest BCUT2D eigenvalue weighted by Gasteiger charge is -2.23. The van der Waals surface area contributed by atoms with Crippen LogP contribution in [-0.2, 0) is 17.6 Å². The summed E-state index contributed by atoms with van der Waals surface area (Å²) in [4.78, 5) is 19.8. The lowest BCUT2D eigenvalue weighted by atomic mass is 10.0. The zero-order valence-electron chi connectivity index (χ0n) is 15.9. The molecule has 2 aromatic heterocycles. The summed E-state index contributed by atoms with van der Waals surface area (Å²) >= 11 is 1.29. The van der Waals surface area contributed by atoms with Gasteiger partial charge in [-0.2, -0.15) is 4.98 Å². The van der Waals surface area contributed by atoms with E-state index in [2.05, 4.69) is 32.7 Å². The molecule has 7 nitrogen and oxygen atoms in total. The number of hydrogen-bond donors (Lipinski definition) is 0. The molecule has 1 aromatic carbocycles. The Morgan fingerprint density at radius 2 is 2.18 bits per heavy atom. The Kier molecular flexibility index (Phi) is 4.23. The summed E-state index contributed by atoms with van der Waals surface area (Å²) in [7, 11) is 0. The van der Waals surface area contributed by atoms with Gasteiger partial charge in [0.25, 0.3) is 5.89 Å². The summed E-state index contributed by atoms with van der Waals surface area (Å²) in [5, 5.41) is 8.44. The highest BCUT2D eigenvalue weighted by Crippen LogP contribution is 2.49. The molecule has 3 aromatic rings. The van der Waals surface area contributed by atoms with Gasteiger partial charge < -0.3 is 9.42 Å². The molecule has 0 N–H and O–H groups in total. The number of amides is 1. The Morgan fingerprint density at radius 1 is 1.29 bits per heavy atom. The van der Waals surface area contributed by atoms with E-state index in [0.29, 0.717) is 24.1 Å². The molecule has 0 spiro atoms. The molecule has 1 aliphatic heterocycles. The molecule has 144 valence electrons. The maximum Gasteiger partial charge on any atom is 0.271 e. The summed E-state index contributed by atoms with van der Waals surface area (Å²) in [5.74, 6) is 1.68. The molecule has 1 amide bonds. The van der Waals surface area contributed by atoms with Crippen LogP contribution in [0.1, 0.15) is 49.6 Å². The molecule has 5 rings (SSSR count). The largest absolute Gasteiger partial charge is 0.336 e. The van der Waals surface area contributed by atoms with Gasteiger partial charge in [-0.1, -0.05) is 41.2 Å². The first-order chi connectivity index (χ1) is 13.7. The van der Waals surface area contributed by atoms with Crippen molar-refractivity contribution in [2.24, 2.45) is 5.92 Å². The maximum atomic E-state index is 12.3. The molecule has 1 saturated heterocycles. The van der Waals surface area contributed by atoms with Crippen LogP contribution in [0.5, 0.6) is 0 Å². The molecule has 28 heavy (non-hydrogen) atoms. The number of carbonyl (C=O) groups excluding carboxylic acids is 1. The van der Waals surface area contributed by atoms with Crippen molar-refractivity contribution >= 4 is 17.4 Å². The molecule has 3 heterocycles. The van der Waals surface area contributed by atoms with E-state index in [4.69, 9.17) is 4.52 Å². The second kappa shape index (κ2) is 6.77. The number of nitrogens with zero attached hydrogens (tertiary/aromatic N) is 5. The van der Waals surface area contributed by atoms with Crippen molar-refractivity contribution in [2.75, 3.05) is 6.54 Å². The Bertz CT molecular complexity index is 1040. The highest BCUT2D eigenvalue weighted by molar-refractivity contribution is 7.09. The number of carbonyl (C=O) groups is 1. The molecule has 0 bridgehead atoms. The van der Waals surface area contributed by atoms with Crippen molar-refractivity contribution in [3.05, 3.63) is 35.0 Å². The van der Waals surface area contributed by atoms with Crippen LogP contribution in [0.4, 0.5) is 0 Å². The van der Waals surface area contributed by atoms with Crippen LogP contribution in [-0.4, -0.2) is 37.1 Å². The third-order valence-electron chi connectivity index (χ3n) is 5.78. The average molecular weight is 395 g/mol. The quantitative estimate of drug-likeness (QED) is 0.655. The topological polar surface area (TPSA) is 85.0 Å². The average Bonchev–Trinajstić information content (AvgIpc) is 3.44. The molecule has 2 unspecified atom stereocenters. The molecular formula is C20H21N5O2S. The third kappa shape index (κ3) is 2.58. The SMILES string of the molecule is CCCc1nnsc1-c1nc(-c2cccc3c2CC2CC(=O)N(CC)C32)no1. The van der Waals surface area contributed by atoms with Crippen LogP contribution in [0.25, 0.3) is 22.2 Å². The van der Waals surface area contributed by atoms with E-state index in [1.807, 2.05) is 24.0 Å². The van der Waals surface area contributed by atoms with Gasteiger partial charge in [0.05, 0.1) is 11.7 Å². The third-order valence-corrected chi connectivity index (χ3v) is 6.54. The number of aryl methyl sites for hydroxylation is 1. The number of fused-ring (bicyclic) bond motifs is 3. The highest BCUT2D eigenvalue weighted by atomic mass is 32.1. The predicted molar refractivity (Wildman–Crippen MR) is 105 cm³/mol. The minimum absolute atomic E-state index is 0.181. The van der Waals surface area contributed by atoms with Crippen molar-refractivity contribution in [3.63, 3.8) is 0 Å². The Balaban J connectivity index is 1.52. The smallest absolute Gasteiger partial charge is 0.271 e. The van der Waals surface area contributed by atoms with Gasteiger partial charge in [-0.05, 0) is 48.3 Å². The van der Waals surface area contributed by atoms with Gasteiger partial charge >= 0.3 is 0 Å². The molecule has 1 fully saturated rings. The fourth-order valence-corrected chi connectivity index (χ4v) is 5.25. The molecule has 0 saturated carbocycles. The zero-order chi connectivity index (χ0) is 19.3. The number of aromatic nitrogens is 4. The predicted octanol–water partition coefficient (Wildman–Crippen LogP) is 3.67. The standard InChI is InChI=1S/C20H21N5O2S/c1-3-6-15-18(28-24-22-15)20-21-19(23-27-20)13-8-5-7-12-14(13)9-11-10-16(26)25(4-2)17(11)12/h5,7-8,11,17H,3-4,6,9-10H2,1-2H3. The second-order valence-corrected chi connectivity index (χ2v) is 8.14. The van der Waals surface area contributed by atoms with Crippen LogP contribution >= 0.6 is 11.5 Å². The van der Waals surface area contributed by atoms with Crippen molar-refractivity contribution in [2.45, 2.75) is 45.6 Å². The monoisotopic (exact) mass is 395 g/mol. The van der Waals surface area contributed by atoms with Crippen LogP contribution in [0.3, 0.4) is 0 Å². The first-order valence-electron chi connectivity index (χ1n) is 9.78. The number of benzene rings is 1. The lowest BCUT2D eigenvalue weighted by Crippen LogP contribution is -2.27. The van der Waals surface area contributed by atoms with E-state index in [9.17, 15) is 4.79 Å². The maximum absolute atomic E-state index is 12.3. The minimum atomic E-state index is 0.181. The van der Waals surface area contributed by atoms with Gasteiger partial charge in [0.1, 0.15) is 4.88 Å². The van der Waals surface area contributed by atoms with Gasteiger partial charge in [-0.3, -0.25) is 4.79 Å². The molecule has 2 aliphatic rings. The van der Waals surface area contributed by atoms with E-state index >= 15 is 0 Å². The van der Waals surface area contributed by atoms with E-state index in [0.717, 1.165) is 41.9 Å². The number of hydrogen-bond acceptors (Lipinski definition) is 7. The summed E-state index contributed by atoms with van der Waals surface area (Å²) < 4.78 is 9.62. The molecule has 1 aliphatic carbocycles. The Morgan fingerprint density at radius 3 is 3.00 bits per heavy atom. The van der Waals surface area contributed by atoms with Crippen molar-refractivity contribution < 1.29 is 9.32 Å². The summed E-state index contributed by atoms with van der Waals surface area (Å²) in [5.41, 5.74) is 4.38. The highest BCUT2D eigenvalue weighted by Gasteiger charge is 2.45.